The fourth-order valence-electron chi connectivity index (χ4n) is 5.97. The molecule has 30 heavy (non-hydrogen) atoms. The van der Waals surface area contributed by atoms with Crippen molar-refractivity contribution in [2.45, 2.75) is 83.4 Å². The van der Waals surface area contributed by atoms with E-state index < -0.39 is 6.36 Å². The lowest BCUT2D eigenvalue weighted by atomic mass is 9.68. The van der Waals surface area contributed by atoms with Crippen LogP contribution in [0.3, 0.4) is 0 Å². The maximum Gasteiger partial charge on any atom is 0.573 e. The first-order valence-electron chi connectivity index (χ1n) is 11.7. The third-order valence-electron chi connectivity index (χ3n) is 7.57. The third kappa shape index (κ3) is 5.31. The molecule has 0 heterocycles. The summed E-state index contributed by atoms with van der Waals surface area (Å²) < 4.78 is 41.4. The minimum absolute atomic E-state index is 0.156. The van der Waals surface area contributed by atoms with Gasteiger partial charge in [-0.1, -0.05) is 56.9 Å². The van der Waals surface area contributed by atoms with Crippen LogP contribution in [0.1, 0.15) is 82.6 Å². The molecule has 1 nitrogen and oxygen atoms in total. The zero-order chi connectivity index (χ0) is 21.1. The van der Waals surface area contributed by atoms with Crippen LogP contribution in [0.15, 0.2) is 36.4 Å². The number of hydrogen-bond donors (Lipinski definition) is 0. The van der Waals surface area contributed by atoms with E-state index >= 15 is 0 Å². The lowest BCUT2D eigenvalue weighted by Crippen LogP contribution is -2.25. The molecule has 0 saturated heterocycles. The van der Waals surface area contributed by atoms with E-state index in [-0.39, 0.29) is 5.75 Å². The Kier molecular flexibility index (Phi) is 6.60. The molecule has 0 aromatic heterocycles. The molecule has 0 N–H and O–H groups in total. The Hall–Kier alpha value is -1.71. The van der Waals surface area contributed by atoms with Crippen LogP contribution >= 0.6 is 0 Å². The highest BCUT2D eigenvalue weighted by atomic mass is 19.4. The molecule has 2 aliphatic carbocycles. The van der Waals surface area contributed by atoms with Gasteiger partial charge in [0.05, 0.1) is 0 Å². The van der Waals surface area contributed by atoms with Crippen LogP contribution in [0.4, 0.5) is 13.2 Å². The topological polar surface area (TPSA) is 9.23 Å². The zero-order valence-corrected chi connectivity index (χ0v) is 17.9. The molecule has 164 valence electrons. The highest BCUT2D eigenvalue weighted by Crippen LogP contribution is 2.44. The average molecular weight is 419 g/mol. The van der Waals surface area contributed by atoms with Crippen molar-refractivity contribution in [2.75, 3.05) is 0 Å². The van der Waals surface area contributed by atoms with E-state index in [1.54, 1.807) is 6.07 Å². The highest BCUT2D eigenvalue weighted by molar-refractivity contribution is 5.84. The first-order valence-corrected chi connectivity index (χ1v) is 11.7. The van der Waals surface area contributed by atoms with Crippen molar-refractivity contribution in [2.24, 2.45) is 17.8 Å². The van der Waals surface area contributed by atoms with Gasteiger partial charge in [0.2, 0.25) is 0 Å². The van der Waals surface area contributed by atoms with E-state index in [1.165, 1.54) is 81.9 Å². The van der Waals surface area contributed by atoms with Gasteiger partial charge >= 0.3 is 6.36 Å². The van der Waals surface area contributed by atoms with Gasteiger partial charge in [-0.2, -0.15) is 0 Å². The monoisotopic (exact) mass is 418 g/mol. The molecule has 0 bridgehead atoms. The fourth-order valence-corrected chi connectivity index (χ4v) is 5.97. The average Bonchev–Trinajstić information content (AvgIpc) is 2.73. The number of fused-ring (bicyclic) bond motifs is 1. The molecule has 4 heteroatoms. The van der Waals surface area contributed by atoms with Crippen LogP contribution in [0.25, 0.3) is 10.8 Å². The lowest BCUT2D eigenvalue weighted by Gasteiger charge is -2.38. The largest absolute Gasteiger partial charge is 0.573 e. The van der Waals surface area contributed by atoms with Crippen molar-refractivity contribution < 1.29 is 17.9 Å². The summed E-state index contributed by atoms with van der Waals surface area (Å²) in [5.74, 6) is 3.22. The molecule has 0 atom stereocenters. The van der Waals surface area contributed by atoms with Gasteiger partial charge in [0, 0.05) is 0 Å². The van der Waals surface area contributed by atoms with Crippen molar-refractivity contribution in [3.63, 3.8) is 0 Å². The van der Waals surface area contributed by atoms with Crippen LogP contribution in [0.5, 0.6) is 5.75 Å². The van der Waals surface area contributed by atoms with Crippen LogP contribution in [-0.4, -0.2) is 6.36 Å². The first-order chi connectivity index (χ1) is 14.4. The predicted octanol–water partition coefficient (Wildman–Crippen LogP) is 8.62. The van der Waals surface area contributed by atoms with Crippen molar-refractivity contribution in [3.8, 4) is 5.75 Å². The van der Waals surface area contributed by atoms with Crippen LogP contribution < -0.4 is 4.74 Å². The molecule has 2 aromatic rings. The molecular formula is C26H33F3O. The summed E-state index contributed by atoms with van der Waals surface area (Å²) in [7, 11) is 0. The molecule has 0 spiro atoms. The van der Waals surface area contributed by atoms with Crippen LogP contribution in [-0.2, 0) is 0 Å². The molecule has 4 rings (SSSR count). The molecule has 2 saturated carbocycles. The number of benzene rings is 2. The summed E-state index contributed by atoms with van der Waals surface area (Å²) in [4.78, 5) is 0. The van der Waals surface area contributed by atoms with Gasteiger partial charge in [-0.25, -0.2) is 0 Å². The Morgan fingerprint density at radius 3 is 2.03 bits per heavy atom. The zero-order valence-electron chi connectivity index (χ0n) is 17.9. The maximum atomic E-state index is 12.4. The van der Waals surface area contributed by atoms with Gasteiger partial charge in [0.25, 0.3) is 0 Å². The highest BCUT2D eigenvalue weighted by Gasteiger charge is 2.32. The van der Waals surface area contributed by atoms with E-state index in [4.69, 9.17) is 0 Å². The van der Waals surface area contributed by atoms with Gasteiger partial charge < -0.3 is 4.74 Å². The predicted molar refractivity (Wildman–Crippen MR) is 116 cm³/mol. The second-order valence-electron chi connectivity index (χ2n) is 9.50. The van der Waals surface area contributed by atoms with Crippen molar-refractivity contribution in [1.82, 2.24) is 0 Å². The number of ether oxygens (including phenoxy) is 1. The van der Waals surface area contributed by atoms with E-state index in [1.807, 2.05) is 6.07 Å². The van der Waals surface area contributed by atoms with Crippen molar-refractivity contribution >= 4 is 10.8 Å². The molecular weight excluding hydrogens is 385 g/mol. The molecule has 2 fully saturated rings. The Morgan fingerprint density at radius 1 is 0.800 bits per heavy atom. The minimum atomic E-state index is -4.65. The summed E-state index contributed by atoms with van der Waals surface area (Å²) in [5.41, 5.74) is 1.33. The summed E-state index contributed by atoms with van der Waals surface area (Å²) in [6, 6.07) is 10.8. The molecule has 2 aromatic carbocycles. The van der Waals surface area contributed by atoms with Crippen LogP contribution in [0, 0.1) is 17.8 Å². The van der Waals surface area contributed by atoms with Gasteiger partial charge in [0.15, 0.2) is 0 Å². The summed E-state index contributed by atoms with van der Waals surface area (Å²) in [5, 5.41) is 1.77. The molecule has 0 aliphatic heterocycles. The first kappa shape index (κ1) is 21.5. The number of rotatable bonds is 5. The lowest BCUT2D eigenvalue weighted by molar-refractivity contribution is -0.274. The van der Waals surface area contributed by atoms with Gasteiger partial charge in [-0.05, 0) is 90.7 Å². The number of halogens is 3. The van der Waals surface area contributed by atoms with E-state index in [2.05, 4.69) is 23.8 Å². The second-order valence-corrected chi connectivity index (χ2v) is 9.50. The van der Waals surface area contributed by atoms with Crippen molar-refractivity contribution in [3.05, 3.63) is 42.0 Å². The van der Waals surface area contributed by atoms with E-state index in [0.717, 1.165) is 28.5 Å². The summed E-state index contributed by atoms with van der Waals surface area (Å²) in [6.07, 6.45) is 8.92. The fraction of sp³-hybridized carbons (Fsp3) is 0.615. The van der Waals surface area contributed by atoms with Crippen molar-refractivity contribution in [1.29, 1.82) is 0 Å². The molecule has 0 amide bonds. The quantitative estimate of drug-likeness (QED) is 0.472. The summed E-state index contributed by atoms with van der Waals surface area (Å²) in [6.45, 7) is 2.30. The number of hydrogen-bond acceptors (Lipinski definition) is 1. The van der Waals surface area contributed by atoms with Gasteiger partial charge in [-0.15, -0.1) is 13.2 Å². The smallest absolute Gasteiger partial charge is 0.406 e. The van der Waals surface area contributed by atoms with E-state index in [0.29, 0.717) is 5.92 Å². The third-order valence-corrected chi connectivity index (χ3v) is 7.57. The Labute approximate surface area is 178 Å². The van der Waals surface area contributed by atoms with Crippen LogP contribution in [0.2, 0.25) is 0 Å². The molecule has 2 aliphatic rings. The number of alkyl halides is 3. The van der Waals surface area contributed by atoms with E-state index in [9.17, 15) is 13.2 Å². The Bertz CT molecular complexity index is 828. The SMILES string of the molecule is CCCC1CCC(C2CCC(c3ccc4cc(OC(F)(F)F)ccc4c3)CC2)CC1. The second kappa shape index (κ2) is 9.20. The van der Waals surface area contributed by atoms with Gasteiger partial charge in [-0.3, -0.25) is 0 Å². The standard InChI is InChI=1S/C26H33F3O/c1-2-3-18-4-6-19(7-5-18)20-8-10-21(11-9-20)22-12-13-24-17-25(30-26(27,28)29)15-14-23(24)16-22/h12-21H,2-11H2,1H3. The Morgan fingerprint density at radius 2 is 1.40 bits per heavy atom. The minimum Gasteiger partial charge on any atom is -0.406 e. The maximum absolute atomic E-state index is 12.4. The summed E-state index contributed by atoms with van der Waals surface area (Å²) >= 11 is 0. The normalized spacial score (nSPS) is 27.9. The molecule has 0 unspecified atom stereocenters. The van der Waals surface area contributed by atoms with Gasteiger partial charge in [0.1, 0.15) is 5.75 Å². The Balaban J connectivity index is 1.35. The molecule has 0 radical (unpaired) electrons.